The van der Waals surface area contributed by atoms with Gasteiger partial charge in [0.25, 0.3) is 5.91 Å². The molecule has 2 aromatic rings. The lowest BCUT2D eigenvalue weighted by molar-refractivity contribution is -0.138. The largest absolute Gasteiger partial charge is 0.492 e. The van der Waals surface area contributed by atoms with E-state index in [9.17, 15) is 24.0 Å². The van der Waals surface area contributed by atoms with E-state index in [1.807, 2.05) is 32.9 Å². The first-order valence-corrected chi connectivity index (χ1v) is 17.8. The molecule has 0 bridgehead atoms. The molecule has 3 aliphatic heterocycles. The quantitative estimate of drug-likeness (QED) is 0.186. The Hall–Kier alpha value is -3.41. The predicted octanol–water partition coefficient (Wildman–Crippen LogP) is 5.92. The number of hydrogen-bond acceptors (Lipinski definition) is 13. The van der Waals surface area contributed by atoms with Crippen molar-refractivity contribution in [2.75, 3.05) is 39.9 Å². The first-order chi connectivity index (χ1) is 22.8. The van der Waals surface area contributed by atoms with Crippen LogP contribution in [0.5, 0.6) is 5.75 Å². The van der Waals surface area contributed by atoms with Gasteiger partial charge in [-0.15, -0.1) is 0 Å². The molecule has 48 heavy (non-hydrogen) atoms. The number of nitrogens with zero attached hydrogens (tertiary/aromatic N) is 1. The molecular weight excluding hydrogens is 793 g/mol. The molecule has 0 saturated carbocycles. The lowest BCUT2D eigenvalue weighted by atomic mass is 9.82. The van der Waals surface area contributed by atoms with E-state index in [1.54, 1.807) is 35.2 Å². The zero-order valence-electron chi connectivity index (χ0n) is 26.9. The van der Waals surface area contributed by atoms with Crippen LogP contribution in [0.25, 0.3) is 5.57 Å². The molecule has 0 atom stereocenters. The van der Waals surface area contributed by atoms with Crippen molar-refractivity contribution in [1.29, 1.82) is 0 Å². The van der Waals surface area contributed by atoms with Gasteiger partial charge >= 0.3 is 23.9 Å². The number of benzene rings is 2. The van der Waals surface area contributed by atoms with Crippen LogP contribution in [0.4, 0.5) is 5.69 Å². The fourth-order valence-corrected chi connectivity index (χ4v) is 11.1. The average Bonchev–Trinajstić information content (AvgIpc) is 3.47. The second-order valence-corrected chi connectivity index (χ2v) is 15.7. The molecule has 3 heterocycles. The molecule has 0 saturated heterocycles. The van der Waals surface area contributed by atoms with Crippen molar-refractivity contribution in [3.8, 4) is 5.75 Å². The molecule has 0 N–H and O–H groups in total. The lowest BCUT2D eigenvalue weighted by Gasteiger charge is -2.51. The standard InChI is InChI=1S/C33H30INO10S3/c1-8-45-19-11-9-10-18-20-26(32(2,3)35(22(18)19)27(36)16-12-14-17(34)15-13-16)46-23(29(38)42-5)21(28(37)41-4)33(20)47-24(30(39)43-6)25(48-33)31(40)44-7/h9-15H,8H2,1-7H3. The molecular formula is C33H30INO10S3. The van der Waals surface area contributed by atoms with Crippen LogP contribution in [-0.2, 0) is 38.1 Å². The van der Waals surface area contributed by atoms with Crippen LogP contribution in [0.1, 0.15) is 36.7 Å². The fourth-order valence-electron chi connectivity index (χ4n) is 5.67. The third-order valence-corrected chi connectivity index (χ3v) is 13.1. The smallest absolute Gasteiger partial charge is 0.345 e. The van der Waals surface area contributed by atoms with Crippen LogP contribution in [0.15, 0.2) is 67.7 Å². The van der Waals surface area contributed by atoms with Gasteiger partial charge in [0.15, 0.2) is 0 Å². The number of esters is 4. The number of hydrogen-bond donors (Lipinski definition) is 0. The number of rotatable bonds is 7. The first kappa shape index (κ1) is 35.9. The number of anilines is 1. The average molecular weight is 824 g/mol. The molecule has 0 unspecified atom stereocenters. The Bertz CT molecular complexity index is 1820. The van der Waals surface area contributed by atoms with E-state index in [0.29, 0.717) is 33.0 Å². The van der Waals surface area contributed by atoms with Gasteiger partial charge in [-0.25, -0.2) is 19.2 Å². The summed E-state index contributed by atoms with van der Waals surface area (Å²) in [6.45, 7) is 5.73. The molecule has 1 amide bonds. The van der Waals surface area contributed by atoms with Crippen LogP contribution in [0.3, 0.4) is 0 Å². The monoisotopic (exact) mass is 823 g/mol. The maximum absolute atomic E-state index is 14.6. The molecule has 15 heteroatoms. The normalized spacial score (nSPS) is 17.5. The van der Waals surface area contributed by atoms with Crippen LogP contribution in [0, 0.1) is 3.57 Å². The molecule has 11 nitrogen and oxygen atoms in total. The summed E-state index contributed by atoms with van der Waals surface area (Å²) >= 11 is 4.86. The van der Waals surface area contributed by atoms with Crippen molar-refractivity contribution in [1.82, 2.24) is 0 Å². The van der Waals surface area contributed by atoms with E-state index in [0.717, 1.165) is 38.9 Å². The van der Waals surface area contributed by atoms with Gasteiger partial charge in [-0.05, 0) is 73.7 Å². The molecule has 2 aromatic carbocycles. The highest BCUT2D eigenvalue weighted by molar-refractivity contribution is 14.1. The van der Waals surface area contributed by atoms with E-state index < -0.39 is 33.5 Å². The zero-order chi connectivity index (χ0) is 35.1. The minimum atomic E-state index is -1.70. The lowest BCUT2D eigenvalue weighted by Crippen LogP contribution is -2.54. The third-order valence-electron chi connectivity index (χ3n) is 7.72. The van der Waals surface area contributed by atoms with Crippen molar-refractivity contribution < 1.29 is 47.7 Å². The fraction of sp³-hybridized carbons (Fsp3) is 0.303. The van der Waals surface area contributed by atoms with Crippen molar-refractivity contribution in [2.45, 2.75) is 30.4 Å². The van der Waals surface area contributed by atoms with Crippen molar-refractivity contribution in [3.63, 3.8) is 0 Å². The van der Waals surface area contributed by atoms with Crippen molar-refractivity contribution >= 4 is 98.9 Å². The number of para-hydroxylation sites is 1. The van der Waals surface area contributed by atoms with Gasteiger partial charge in [-0.3, -0.25) is 9.69 Å². The molecule has 0 fully saturated rings. The maximum Gasteiger partial charge on any atom is 0.345 e. The number of methoxy groups -OCH3 is 4. The van der Waals surface area contributed by atoms with Gasteiger partial charge < -0.3 is 23.7 Å². The Morgan fingerprint density at radius 1 is 0.771 bits per heavy atom. The molecule has 3 aliphatic rings. The number of carbonyl (C=O) groups excluding carboxylic acids is 5. The van der Waals surface area contributed by atoms with Gasteiger partial charge in [0, 0.05) is 25.2 Å². The number of ether oxygens (including phenoxy) is 5. The highest BCUT2D eigenvalue weighted by Crippen LogP contribution is 2.71. The Kier molecular flexibility index (Phi) is 10.3. The molecule has 0 radical (unpaired) electrons. The molecule has 252 valence electrons. The van der Waals surface area contributed by atoms with Gasteiger partial charge in [0.1, 0.15) is 24.5 Å². The molecule has 0 aliphatic carbocycles. The van der Waals surface area contributed by atoms with Crippen molar-refractivity contribution in [3.05, 3.63) is 82.4 Å². The van der Waals surface area contributed by atoms with Crippen LogP contribution in [0.2, 0.25) is 0 Å². The summed E-state index contributed by atoms with van der Waals surface area (Å²) in [6.07, 6.45) is 0. The minimum absolute atomic E-state index is 0.127. The summed E-state index contributed by atoms with van der Waals surface area (Å²) in [4.78, 5) is 70.2. The Morgan fingerprint density at radius 2 is 1.31 bits per heavy atom. The number of amides is 1. The van der Waals surface area contributed by atoms with E-state index in [4.69, 9.17) is 23.7 Å². The Labute approximate surface area is 303 Å². The van der Waals surface area contributed by atoms with E-state index in [1.165, 1.54) is 28.4 Å². The van der Waals surface area contributed by atoms with Gasteiger partial charge in [0.2, 0.25) is 0 Å². The summed E-state index contributed by atoms with van der Waals surface area (Å²) in [5.41, 5.74) is 0.383. The maximum atomic E-state index is 14.6. The summed E-state index contributed by atoms with van der Waals surface area (Å²) in [7, 11) is 4.68. The molecule has 1 spiro atoms. The van der Waals surface area contributed by atoms with Crippen LogP contribution >= 0.6 is 57.9 Å². The molecule has 0 aromatic heterocycles. The minimum Gasteiger partial charge on any atom is -0.492 e. The highest BCUT2D eigenvalue weighted by Gasteiger charge is 2.62. The Morgan fingerprint density at radius 3 is 1.83 bits per heavy atom. The van der Waals surface area contributed by atoms with Crippen molar-refractivity contribution in [2.24, 2.45) is 0 Å². The number of fused-ring (bicyclic) bond motifs is 3. The highest BCUT2D eigenvalue weighted by atomic mass is 127. The predicted molar refractivity (Wildman–Crippen MR) is 192 cm³/mol. The van der Waals surface area contributed by atoms with Gasteiger partial charge in [-0.2, -0.15) is 0 Å². The number of carbonyl (C=O) groups is 5. The number of halogens is 1. The third kappa shape index (κ3) is 5.71. The Balaban J connectivity index is 1.92. The topological polar surface area (TPSA) is 135 Å². The summed E-state index contributed by atoms with van der Waals surface area (Å²) < 4.78 is 25.9. The first-order valence-electron chi connectivity index (χ1n) is 14.3. The van der Waals surface area contributed by atoms with E-state index in [-0.39, 0.29) is 32.8 Å². The van der Waals surface area contributed by atoms with E-state index in [2.05, 4.69) is 22.6 Å². The SMILES string of the molecule is CCOc1cccc2c1N(C(=O)c1ccc(I)cc1)C(C)(C)C1=C2C2(SC(C(=O)OC)=C(C(=O)OC)S2)C(C(=O)OC)=C(C(=O)OC)S1. The summed E-state index contributed by atoms with van der Waals surface area (Å²) in [5, 5.41) is 0. The zero-order valence-corrected chi connectivity index (χ0v) is 31.5. The second kappa shape index (κ2) is 13.8. The summed E-state index contributed by atoms with van der Waals surface area (Å²) in [5.74, 6) is -3.38. The van der Waals surface area contributed by atoms with Crippen LogP contribution in [-0.4, -0.2) is 74.4 Å². The van der Waals surface area contributed by atoms with Crippen LogP contribution < -0.4 is 9.64 Å². The van der Waals surface area contributed by atoms with Gasteiger partial charge in [-0.1, -0.05) is 47.4 Å². The van der Waals surface area contributed by atoms with E-state index >= 15 is 0 Å². The number of thioether (sulfide) groups is 3. The van der Waals surface area contributed by atoms with Gasteiger partial charge in [0.05, 0.1) is 51.8 Å². The molecule has 5 rings (SSSR count). The summed E-state index contributed by atoms with van der Waals surface area (Å²) in [6, 6.07) is 12.4. The second-order valence-electron chi connectivity index (χ2n) is 10.7.